The van der Waals surface area contributed by atoms with E-state index in [-0.39, 0.29) is 5.54 Å². The van der Waals surface area contributed by atoms with Crippen LogP contribution in [0.2, 0.25) is 0 Å². The van der Waals surface area contributed by atoms with Crippen molar-refractivity contribution >= 4 is 0 Å². The van der Waals surface area contributed by atoms with Gasteiger partial charge < -0.3 is 0 Å². The second kappa shape index (κ2) is 3.54. The highest BCUT2D eigenvalue weighted by Crippen LogP contribution is 2.49. The summed E-state index contributed by atoms with van der Waals surface area (Å²) in [5.74, 6) is 1.74. The number of hydrogen-bond donors (Lipinski definition) is 4. The van der Waals surface area contributed by atoms with Crippen LogP contribution in [0.15, 0.2) is 0 Å². The molecule has 3 rings (SSSR count). The van der Waals surface area contributed by atoms with E-state index in [1.807, 2.05) is 0 Å². The zero-order valence-electron chi connectivity index (χ0n) is 9.10. The summed E-state index contributed by atoms with van der Waals surface area (Å²) in [6.45, 7) is 0. The van der Waals surface area contributed by atoms with E-state index in [2.05, 4.69) is 25.7 Å². The smallest absolute Gasteiger partial charge is 0.0872 e. The Kier molecular flexibility index (Phi) is 2.18. The highest BCUT2D eigenvalue weighted by molar-refractivity contribution is 5.13. The standard InChI is InChI=1S/C10H20N5/c1-2-6-9(5-1)10(7-3-4-8-10)15-13-11-12-14-15/h11-14H,1-8H2. The molecule has 2 aliphatic carbocycles. The first kappa shape index (κ1) is 9.24. The maximum atomic E-state index is 3.16. The highest BCUT2D eigenvalue weighted by Gasteiger charge is 2.45. The van der Waals surface area contributed by atoms with Gasteiger partial charge in [-0.05, 0) is 25.7 Å². The van der Waals surface area contributed by atoms with Crippen LogP contribution in [0.25, 0.3) is 0 Å². The van der Waals surface area contributed by atoms with Crippen molar-refractivity contribution in [3.63, 3.8) is 0 Å². The lowest BCUT2D eigenvalue weighted by atomic mass is 9.81. The first-order valence-corrected chi connectivity index (χ1v) is 6.09. The molecule has 0 aliphatic heterocycles. The van der Waals surface area contributed by atoms with Gasteiger partial charge in [0.25, 0.3) is 0 Å². The van der Waals surface area contributed by atoms with E-state index in [9.17, 15) is 0 Å². The second-order valence-electron chi connectivity index (χ2n) is 4.86. The summed E-state index contributed by atoms with van der Waals surface area (Å²) in [5.41, 5.74) is 0.257. The summed E-state index contributed by atoms with van der Waals surface area (Å²) in [5, 5.41) is 12.1. The lowest BCUT2D eigenvalue weighted by Gasteiger charge is -2.34. The van der Waals surface area contributed by atoms with Crippen molar-refractivity contribution in [2.75, 3.05) is 0 Å². The van der Waals surface area contributed by atoms with Crippen LogP contribution < -0.4 is 0 Å². The third-order valence-corrected chi connectivity index (χ3v) is 4.12. The predicted molar refractivity (Wildman–Crippen MR) is 57.6 cm³/mol. The number of nitrogens with zero attached hydrogens (tertiary/aromatic N) is 1. The first-order chi connectivity index (χ1) is 7.42. The molecule has 1 aromatic heterocycles. The van der Waals surface area contributed by atoms with Gasteiger partial charge in [-0.25, -0.2) is 20.9 Å². The van der Waals surface area contributed by atoms with Crippen LogP contribution in [0.1, 0.15) is 51.4 Å². The molecule has 2 aliphatic rings. The quantitative estimate of drug-likeness (QED) is 0.579. The third-order valence-electron chi connectivity index (χ3n) is 4.12. The molecular weight excluding hydrogens is 190 g/mol. The van der Waals surface area contributed by atoms with Gasteiger partial charge in [-0.15, -0.1) is 0 Å². The monoisotopic (exact) mass is 210 g/mol. The Morgan fingerprint density at radius 2 is 1.47 bits per heavy atom. The summed E-state index contributed by atoms with van der Waals surface area (Å²) in [6.07, 6.45) is 10.7. The van der Waals surface area contributed by atoms with Crippen molar-refractivity contribution in [3.05, 3.63) is 5.92 Å². The van der Waals surface area contributed by atoms with Crippen molar-refractivity contribution < 1.29 is 0 Å². The number of rotatable bonds is 2. The van der Waals surface area contributed by atoms with Crippen molar-refractivity contribution in [1.82, 2.24) is 25.7 Å². The minimum Gasteiger partial charge on any atom is -0.213 e. The van der Waals surface area contributed by atoms with Crippen LogP contribution in [0.4, 0.5) is 0 Å². The zero-order valence-corrected chi connectivity index (χ0v) is 9.10. The molecule has 0 amide bonds. The fourth-order valence-corrected chi connectivity index (χ4v) is 3.37. The fourth-order valence-electron chi connectivity index (χ4n) is 3.37. The van der Waals surface area contributed by atoms with Gasteiger partial charge >= 0.3 is 0 Å². The van der Waals surface area contributed by atoms with Gasteiger partial charge in [0, 0.05) is 5.92 Å². The molecule has 85 valence electrons. The maximum absolute atomic E-state index is 3.16. The molecule has 1 heterocycles. The largest absolute Gasteiger partial charge is 0.213 e. The minimum absolute atomic E-state index is 0.257. The van der Waals surface area contributed by atoms with E-state index < -0.39 is 0 Å². The van der Waals surface area contributed by atoms with Crippen molar-refractivity contribution in [3.8, 4) is 0 Å². The molecule has 15 heavy (non-hydrogen) atoms. The van der Waals surface area contributed by atoms with Crippen LogP contribution in [-0.2, 0) is 5.54 Å². The summed E-state index contributed by atoms with van der Waals surface area (Å²) < 4.78 is 0. The number of H-pyrrole nitrogens is 4. The van der Waals surface area contributed by atoms with Gasteiger partial charge in [-0.2, -0.15) is 4.80 Å². The molecule has 1 aromatic rings. The molecule has 0 bridgehead atoms. The Balaban J connectivity index is 1.94. The normalized spacial score (nSPS) is 26.1. The first-order valence-electron chi connectivity index (χ1n) is 6.09. The molecular formula is C10H20N5. The molecule has 2 saturated carbocycles. The molecule has 0 aromatic carbocycles. The van der Waals surface area contributed by atoms with Crippen molar-refractivity contribution in [1.29, 1.82) is 0 Å². The Hall–Kier alpha value is -1.00. The van der Waals surface area contributed by atoms with E-state index in [0.717, 1.165) is 0 Å². The maximum Gasteiger partial charge on any atom is 0.0872 e. The van der Waals surface area contributed by atoms with Gasteiger partial charge in [0.2, 0.25) is 0 Å². The molecule has 5 heteroatoms. The summed E-state index contributed by atoms with van der Waals surface area (Å²) in [7, 11) is 0. The predicted octanol–water partition coefficient (Wildman–Crippen LogP) is 2.34. The Morgan fingerprint density at radius 3 is 2.07 bits per heavy atom. The molecule has 4 N–H and O–H groups in total. The van der Waals surface area contributed by atoms with Gasteiger partial charge in [0.05, 0.1) is 5.54 Å². The van der Waals surface area contributed by atoms with Gasteiger partial charge in [0.15, 0.2) is 0 Å². The SMILES string of the molecule is C1CC[C](C2(n3[nH][nH][nH][nH]3)CCCC2)C1. The van der Waals surface area contributed by atoms with E-state index in [4.69, 9.17) is 0 Å². The fraction of sp³-hybridized carbons (Fsp3) is 0.900. The molecule has 0 unspecified atom stereocenters. The molecule has 2 fully saturated rings. The van der Waals surface area contributed by atoms with Crippen LogP contribution in [0.3, 0.4) is 0 Å². The van der Waals surface area contributed by atoms with Crippen molar-refractivity contribution in [2.45, 2.75) is 56.9 Å². The van der Waals surface area contributed by atoms with E-state index in [1.165, 1.54) is 51.4 Å². The van der Waals surface area contributed by atoms with Gasteiger partial charge in [0.1, 0.15) is 0 Å². The molecule has 0 saturated heterocycles. The summed E-state index contributed by atoms with van der Waals surface area (Å²) in [4.78, 5) is 2.14. The molecule has 1 radical (unpaired) electrons. The Morgan fingerprint density at radius 1 is 0.867 bits per heavy atom. The summed E-state index contributed by atoms with van der Waals surface area (Å²) >= 11 is 0. The minimum atomic E-state index is 0.257. The Labute approximate surface area is 89.2 Å². The lowest BCUT2D eigenvalue weighted by molar-refractivity contribution is 0.230. The average molecular weight is 210 g/mol. The molecule has 0 spiro atoms. The van der Waals surface area contributed by atoms with E-state index in [1.54, 1.807) is 5.92 Å². The number of aromatic nitrogens is 5. The van der Waals surface area contributed by atoms with Gasteiger partial charge in [-0.3, -0.25) is 0 Å². The third kappa shape index (κ3) is 1.36. The number of hydrogen-bond acceptors (Lipinski definition) is 0. The summed E-state index contributed by atoms with van der Waals surface area (Å²) in [6, 6.07) is 0. The van der Waals surface area contributed by atoms with Crippen molar-refractivity contribution in [2.24, 2.45) is 0 Å². The van der Waals surface area contributed by atoms with Crippen LogP contribution in [-0.4, -0.2) is 25.7 Å². The number of nitrogens with one attached hydrogen (secondary N) is 4. The zero-order chi connectivity index (χ0) is 10.1. The van der Waals surface area contributed by atoms with Gasteiger partial charge in [-0.1, -0.05) is 25.7 Å². The van der Waals surface area contributed by atoms with Crippen LogP contribution in [0.5, 0.6) is 0 Å². The van der Waals surface area contributed by atoms with Crippen LogP contribution in [0, 0.1) is 5.92 Å². The Bertz CT molecular complexity index is 309. The van der Waals surface area contributed by atoms with Crippen LogP contribution >= 0.6 is 0 Å². The van der Waals surface area contributed by atoms with E-state index in [0.29, 0.717) is 0 Å². The lowest BCUT2D eigenvalue weighted by Crippen LogP contribution is -2.38. The highest BCUT2D eigenvalue weighted by atomic mass is 15.7. The van der Waals surface area contributed by atoms with E-state index >= 15 is 0 Å². The topological polar surface area (TPSA) is 68.1 Å². The molecule has 5 nitrogen and oxygen atoms in total. The number of aromatic amines is 4. The average Bonchev–Trinajstić information content (AvgIpc) is 3.02. The molecule has 0 atom stereocenters. The second-order valence-corrected chi connectivity index (χ2v) is 4.86.